The van der Waals surface area contributed by atoms with Gasteiger partial charge in [0.2, 0.25) is 0 Å². The number of nitrogens with one attached hydrogen (secondary N) is 1. The number of thiophene rings is 1. The molecular formula is C14H24N2O3S2. The number of hydrogen-bond donors (Lipinski definition) is 2. The topological polar surface area (TPSA) is 89.3 Å². The SMILES string of the molecule is CCC(Nc1sc(C(C)=O)c(N)c1S(=O)(=O)CC)C(C)C. The van der Waals surface area contributed by atoms with Crippen molar-refractivity contribution in [2.45, 2.75) is 52.0 Å². The summed E-state index contributed by atoms with van der Waals surface area (Å²) < 4.78 is 24.6. The van der Waals surface area contributed by atoms with Crippen molar-refractivity contribution in [1.82, 2.24) is 0 Å². The van der Waals surface area contributed by atoms with Gasteiger partial charge in [-0.25, -0.2) is 8.42 Å². The molecule has 0 saturated carbocycles. The van der Waals surface area contributed by atoms with Crippen molar-refractivity contribution in [3.05, 3.63) is 4.88 Å². The Morgan fingerprint density at radius 1 is 1.33 bits per heavy atom. The number of rotatable bonds is 7. The minimum atomic E-state index is -3.48. The van der Waals surface area contributed by atoms with Crippen molar-refractivity contribution < 1.29 is 13.2 Å². The standard InChI is InChI=1S/C14H24N2O3S2/c1-6-10(8(3)4)16-14-13(21(18,19)7-2)11(15)12(20-14)9(5)17/h8,10,16H,6-7,15H2,1-5H3. The van der Waals surface area contributed by atoms with Gasteiger partial charge in [0.15, 0.2) is 15.6 Å². The van der Waals surface area contributed by atoms with Crippen LogP contribution in [-0.4, -0.2) is 26.0 Å². The maximum absolute atomic E-state index is 12.3. The Morgan fingerprint density at radius 2 is 1.90 bits per heavy atom. The lowest BCUT2D eigenvalue weighted by Gasteiger charge is -2.21. The number of carbonyl (C=O) groups is 1. The summed E-state index contributed by atoms with van der Waals surface area (Å²) in [6.07, 6.45) is 0.858. The van der Waals surface area contributed by atoms with Gasteiger partial charge in [-0.3, -0.25) is 4.79 Å². The summed E-state index contributed by atoms with van der Waals surface area (Å²) in [4.78, 5) is 12.0. The van der Waals surface area contributed by atoms with E-state index in [-0.39, 0.29) is 28.2 Å². The van der Waals surface area contributed by atoms with Gasteiger partial charge in [0, 0.05) is 13.0 Å². The molecule has 0 aliphatic rings. The summed E-state index contributed by atoms with van der Waals surface area (Å²) in [5, 5.41) is 3.75. The molecule has 0 bridgehead atoms. The molecule has 0 saturated heterocycles. The van der Waals surface area contributed by atoms with E-state index in [1.54, 1.807) is 6.92 Å². The van der Waals surface area contributed by atoms with Crippen molar-refractivity contribution >= 4 is 37.6 Å². The van der Waals surface area contributed by atoms with Crippen LogP contribution in [0.2, 0.25) is 0 Å². The molecule has 1 atom stereocenters. The molecule has 1 unspecified atom stereocenters. The maximum atomic E-state index is 12.3. The maximum Gasteiger partial charge on any atom is 0.183 e. The van der Waals surface area contributed by atoms with Gasteiger partial charge in [0.05, 0.1) is 16.3 Å². The van der Waals surface area contributed by atoms with E-state index in [0.717, 1.165) is 17.8 Å². The Kier molecular flexibility index (Phi) is 5.81. The molecule has 1 heterocycles. The highest BCUT2D eigenvalue weighted by molar-refractivity contribution is 7.91. The van der Waals surface area contributed by atoms with Crippen molar-refractivity contribution in [1.29, 1.82) is 0 Å². The summed E-state index contributed by atoms with van der Waals surface area (Å²) >= 11 is 1.13. The van der Waals surface area contributed by atoms with Crippen LogP contribution in [0.1, 0.15) is 50.7 Å². The first kappa shape index (κ1) is 18.0. The van der Waals surface area contributed by atoms with E-state index in [0.29, 0.717) is 15.8 Å². The van der Waals surface area contributed by atoms with Crippen LogP contribution in [-0.2, 0) is 9.84 Å². The van der Waals surface area contributed by atoms with Crippen molar-refractivity contribution in [2.24, 2.45) is 5.92 Å². The van der Waals surface area contributed by atoms with Gasteiger partial charge in [0.1, 0.15) is 9.90 Å². The van der Waals surface area contributed by atoms with Crippen LogP contribution in [0.15, 0.2) is 4.90 Å². The number of sulfone groups is 1. The van der Waals surface area contributed by atoms with Crippen LogP contribution in [0, 0.1) is 5.92 Å². The third-order valence-electron chi connectivity index (χ3n) is 3.47. The van der Waals surface area contributed by atoms with Crippen molar-refractivity contribution in [3.8, 4) is 0 Å². The molecule has 21 heavy (non-hydrogen) atoms. The third kappa shape index (κ3) is 3.77. The number of hydrogen-bond acceptors (Lipinski definition) is 6. The summed E-state index contributed by atoms with van der Waals surface area (Å²) in [6, 6.07) is 0.133. The monoisotopic (exact) mass is 332 g/mol. The molecule has 1 aromatic rings. The smallest absolute Gasteiger partial charge is 0.183 e. The third-order valence-corrected chi connectivity index (χ3v) is 6.64. The number of anilines is 2. The molecule has 0 fully saturated rings. The lowest BCUT2D eigenvalue weighted by Crippen LogP contribution is -2.25. The predicted molar refractivity (Wildman–Crippen MR) is 89.0 cm³/mol. The van der Waals surface area contributed by atoms with Crippen LogP contribution < -0.4 is 11.1 Å². The summed E-state index contributed by atoms with van der Waals surface area (Å²) in [5.41, 5.74) is 6.01. The molecule has 1 rings (SSSR count). The highest BCUT2D eigenvalue weighted by Crippen LogP contribution is 2.40. The Hall–Kier alpha value is -1.08. The van der Waals surface area contributed by atoms with Crippen LogP contribution in [0.5, 0.6) is 0 Å². The first-order valence-electron chi connectivity index (χ1n) is 7.08. The molecular weight excluding hydrogens is 308 g/mol. The fourth-order valence-corrected chi connectivity index (χ4v) is 4.76. The molecule has 0 aliphatic heterocycles. The summed E-state index contributed by atoms with van der Waals surface area (Å²) in [7, 11) is -3.48. The van der Waals surface area contributed by atoms with Gasteiger partial charge in [-0.1, -0.05) is 27.7 Å². The molecule has 0 aromatic carbocycles. The number of nitrogens with two attached hydrogens (primary N) is 1. The van der Waals surface area contributed by atoms with Gasteiger partial charge >= 0.3 is 0 Å². The average Bonchev–Trinajstić information content (AvgIpc) is 2.73. The molecule has 5 nitrogen and oxygen atoms in total. The Bertz CT molecular complexity index is 618. The zero-order valence-electron chi connectivity index (χ0n) is 13.2. The van der Waals surface area contributed by atoms with E-state index in [9.17, 15) is 13.2 Å². The van der Waals surface area contributed by atoms with Crippen molar-refractivity contribution in [2.75, 3.05) is 16.8 Å². The van der Waals surface area contributed by atoms with E-state index < -0.39 is 9.84 Å². The fraction of sp³-hybridized carbons (Fsp3) is 0.643. The largest absolute Gasteiger partial charge is 0.396 e. The zero-order chi connectivity index (χ0) is 16.4. The second kappa shape index (κ2) is 6.79. The molecule has 1 aromatic heterocycles. The first-order chi connectivity index (χ1) is 9.65. The van der Waals surface area contributed by atoms with Crippen LogP contribution in [0.25, 0.3) is 0 Å². The lowest BCUT2D eigenvalue weighted by molar-refractivity contribution is 0.102. The van der Waals surface area contributed by atoms with Crippen LogP contribution in [0.4, 0.5) is 10.7 Å². The molecule has 120 valence electrons. The average molecular weight is 332 g/mol. The molecule has 0 spiro atoms. The van der Waals surface area contributed by atoms with Gasteiger partial charge in [-0.2, -0.15) is 0 Å². The summed E-state index contributed by atoms with van der Waals surface area (Å²) in [5.74, 6) is 0.0882. The van der Waals surface area contributed by atoms with Crippen molar-refractivity contribution in [3.63, 3.8) is 0 Å². The Balaban J connectivity index is 3.43. The van der Waals surface area contributed by atoms with E-state index >= 15 is 0 Å². The van der Waals surface area contributed by atoms with E-state index in [2.05, 4.69) is 19.2 Å². The Labute approximate surface area is 130 Å². The first-order valence-corrected chi connectivity index (χ1v) is 9.55. The fourth-order valence-electron chi connectivity index (χ4n) is 2.15. The van der Waals surface area contributed by atoms with Gasteiger partial charge < -0.3 is 11.1 Å². The predicted octanol–water partition coefficient (Wildman–Crippen LogP) is 3.17. The molecule has 7 heteroatoms. The van der Waals surface area contributed by atoms with E-state index in [1.807, 2.05) is 6.92 Å². The number of nitrogen functional groups attached to an aromatic ring is 1. The van der Waals surface area contributed by atoms with Gasteiger partial charge in [-0.15, -0.1) is 11.3 Å². The van der Waals surface area contributed by atoms with Crippen LogP contribution >= 0.6 is 11.3 Å². The number of carbonyl (C=O) groups excluding carboxylic acids is 1. The second-order valence-corrected chi connectivity index (χ2v) is 8.60. The molecule has 0 amide bonds. The Morgan fingerprint density at radius 3 is 2.29 bits per heavy atom. The highest BCUT2D eigenvalue weighted by Gasteiger charge is 2.28. The molecule has 0 radical (unpaired) electrons. The van der Waals surface area contributed by atoms with Gasteiger partial charge in [-0.05, 0) is 12.3 Å². The van der Waals surface area contributed by atoms with E-state index in [4.69, 9.17) is 5.73 Å². The van der Waals surface area contributed by atoms with Gasteiger partial charge in [0.25, 0.3) is 0 Å². The number of ketones is 1. The van der Waals surface area contributed by atoms with Crippen LogP contribution in [0.3, 0.4) is 0 Å². The second-order valence-electron chi connectivity index (χ2n) is 5.37. The van der Waals surface area contributed by atoms with E-state index in [1.165, 1.54) is 6.92 Å². The normalized spacial score (nSPS) is 13.4. The highest BCUT2D eigenvalue weighted by atomic mass is 32.2. The zero-order valence-corrected chi connectivity index (χ0v) is 14.8. The lowest BCUT2D eigenvalue weighted by atomic mass is 10.0. The quantitative estimate of drug-likeness (QED) is 0.749. The summed E-state index contributed by atoms with van der Waals surface area (Å²) in [6.45, 7) is 9.14. The minimum Gasteiger partial charge on any atom is -0.396 e. The molecule has 3 N–H and O–H groups in total. The number of Topliss-reactive ketones (excluding diaryl/α,β-unsaturated/α-hetero) is 1. The molecule has 0 aliphatic carbocycles. The minimum absolute atomic E-state index is 0.0432.